The molecule has 0 atom stereocenters. The van der Waals surface area contributed by atoms with E-state index in [1.807, 2.05) is 39.0 Å². The molecule has 6 nitrogen and oxygen atoms in total. The van der Waals surface area contributed by atoms with Gasteiger partial charge in [-0.3, -0.25) is 4.79 Å². The van der Waals surface area contributed by atoms with Crippen LogP contribution in [0.4, 0.5) is 13.8 Å². The largest absolute Gasteiger partial charge is 0.493 e. The summed E-state index contributed by atoms with van der Waals surface area (Å²) in [5.74, 6) is -1.29. The Morgan fingerprint density at radius 2 is 1.79 bits per heavy atom. The molecule has 180 valence electrons. The molecule has 0 aliphatic heterocycles. The molecule has 1 aromatic heterocycles. The number of hydrogen-bond acceptors (Lipinski definition) is 6. The number of carbonyl (C=O) groups excluding carboxylic acids is 2. The van der Waals surface area contributed by atoms with E-state index in [2.05, 4.69) is 10.1 Å². The maximum atomic E-state index is 13.0. The van der Waals surface area contributed by atoms with Crippen LogP contribution < -0.4 is 14.8 Å². The fraction of sp³-hybridized carbons (Fsp3) is 0.280. The van der Waals surface area contributed by atoms with Gasteiger partial charge in [-0.15, -0.1) is 11.3 Å². The molecule has 0 aliphatic rings. The predicted octanol–water partition coefficient (Wildman–Crippen LogP) is 6.38. The van der Waals surface area contributed by atoms with Gasteiger partial charge in [-0.1, -0.05) is 23.8 Å². The summed E-state index contributed by atoms with van der Waals surface area (Å²) in [6, 6.07) is 9.82. The van der Waals surface area contributed by atoms with E-state index in [0.717, 1.165) is 21.6 Å². The van der Waals surface area contributed by atoms with Crippen molar-refractivity contribution in [2.75, 3.05) is 19.0 Å². The highest BCUT2D eigenvalue weighted by Crippen LogP contribution is 2.42. The molecule has 0 fully saturated rings. The monoisotopic (exact) mass is 489 g/mol. The summed E-state index contributed by atoms with van der Waals surface area (Å²) in [6.45, 7) is 4.65. The zero-order valence-electron chi connectivity index (χ0n) is 19.5. The predicted molar refractivity (Wildman–Crippen MR) is 128 cm³/mol. The first-order valence-electron chi connectivity index (χ1n) is 10.5. The second-order valence-corrected chi connectivity index (χ2v) is 8.70. The fourth-order valence-corrected chi connectivity index (χ4v) is 4.59. The van der Waals surface area contributed by atoms with Crippen LogP contribution in [0.1, 0.15) is 43.6 Å². The van der Waals surface area contributed by atoms with E-state index in [9.17, 15) is 18.4 Å². The van der Waals surface area contributed by atoms with E-state index < -0.39 is 18.5 Å². The number of rotatable bonds is 8. The van der Waals surface area contributed by atoms with Crippen LogP contribution in [0.15, 0.2) is 36.4 Å². The Bertz CT molecular complexity index is 1220. The lowest BCUT2D eigenvalue weighted by atomic mass is 9.95. The van der Waals surface area contributed by atoms with Gasteiger partial charge in [-0.2, -0.15) is 8.78 Å². The number of esters is 1. The SMILES string of the molecule is CCOC(=O)c1c(NC(=O)c2ccc(OC(F)F)c(OC)c2)sc(C)c1-c1cc(C)ccc1C. The number of alkyl halides is 2. The Hall–Kier alpha value is -3.46. The van der Waals surface area contributed by atoms with Crippen molar-refractivity contribution in [2.45, 2.75) is 34.3 Å². The molecule has 34 heavy (non-hydrogen) atoms. The molecule has 9 heteroatoms. The highest BCUT2D eigenvalue weighted by molar-refractivity contribution is 7.17. The van der Waals surface area contributed by atoms with E-state index >= 15 is 0 Å². The maximum Gasteiger partial charge on any atom is 0.387 e. The number of aryl methyl sites for hydroxylation is 3. The zero-order valence-corrected chi connectivity index (χ0v) is 20.3. The number of amides is 1. The number of halogens is 2. The summed E-state index contributed by atoms with van der Waals surface area (Å²) in [6.07, 6.45) is 0. The third kappa shape index (κ3) is 5.36. The van der Waals surface area contributed by atoms with Crippen LogP contribution in [0, 0.1) is 20.8 Å². The Kier molecular flexibility index (Phi) is 7.88. The van der Waals surface area contributed by atoms with Gasteiger partial charge in [0.25, 0.3) is 5.91 Å². The third-order valence-electron chi connectivity index (χ3n) is 5.10. The number of benzene rings is 2. The van der Waals surface area contributed by atoms with Crippen LogP contribution in [0.2, 0.25) is 0 Å². The fourth-order valence-electron chi connectivity index (χ4n) is 3.54. The standard InChI is InChI=1S/C25H25F2NO5S/c1-6-32-24(30)21-20(17-11-13(2)7-8-14(17)3)15(4)34-23(21)28-22(29)16-9-10-18(33-25(26)27)19(12-16)31-5/h7-12,25H,6H2,1-5H3,(H,28,29). The Labute approximate surface area is 200 Å². The minimum absolute atomic E-state index is 0.0167. The molecule has 0 bridgehead atoms. The van der Waals surface area contributed by atoms with Crippen molar-refractivity contribution < 1.29 is 32.6 Å². The van der Waals surface area contributed by atoms with Crippen molar-refractivity contribution in [3.8, 4) is 22.6 Å². The number of thiophene rings is 1. The number of carbonyl (C=O) groups is 2. The molecule has 1 N–H and O–H groups in total. The highest BCUT2D eigenvalue weighted by Gasteiger charge is 2.27. The first-order valence-corrected chi connectivity index (χ1v) is 11.3. The Balaban J connectivity index is 2.04. The quantitative estimate of drug-likeness (QED) is 0.372. The lowest BCUT2D eigenvalue weighted by Crippen LogP contribution is -2.15. The Morgan fingerprint density at radius 1 is 1.06 bits per heavy atom. The lowest BCUT2D eigenvalue weighted by Gasteiger charge is -2.13. The summed E-state index contributed by atoms with van der Waals surface area (Å²) < 4.78 is 40.0. The summed E-state index contributed by atoms with van der Waals surface area (Å²) in [5.41, 5.74) is 4.02. The minimum Gasteiger partial charge on any atom is -0.493 e. The first kappa shape index (κ1) is 25.2. The van der Waals surface area contributed by atoms with Crippen LogP contribution in [0.3, 0.4) is 0 Å². The van der Waals surface area contributed by atoms with Gasteiger partial charge >= 0.3 is 12.6 Å². The van der Waals surface area contributed by atoms with Crippen LogP contribution in [-0.4, -0.2) is 32.2 Å². The van der Waals surface area contributed by atoms with E-state index in [-0.39, 0.29) is 29.2 Å². The molecule has 0 saturated heterocycles. The smallest absolute Gasteiger partial charge is 0.387 e. The number of nitrogens with one attached hydrogen (secondary N) is 1. The molecule has 3 rings (SSSR count). The highest BCUT2D eigenvalue weighted by atomic mass is 32.1. The van der Waals surface area contributed by atoms with E-state index in [4.69, 9.17) is 9.47 Å². The van der Waals surface area contributed by atoms with Gasteiger partial charge in [-0.25, -0.2) is 4.79 Å². The van der Waals surface area contributed by atoms with E-state index in [0.29, 0.717) is 10.6 Å². The molecule has 0 unspecified atom stereocenters. The molecule has 0 radical (unpaired) electrons. The molecule has 1 amide bonds. The van der Waals surface area contributed by atoms with E-state index in [1.54, 1.807) is 6.92 Å². The van der Waals surface area contributed by atoms with Gasteiger partial charge in [-0.05, 0) is 57.0 Å². The van der Waals surface area contributed by atoms with Crippen LogP contribution in [0.5, 0.6) is 11.5 Å². The van der Waals surface area contributed by atoms with Crippen molar-refractivity contribution in [3.05, 3.63) is 63.5 Å². The summed E-state index contributed by atoms with van der Waals surface area (Å²) in [7, 11) is 1.29. The molecule has 0 saturated carbocycles. The lowest BCUT2D eigenvalue weighted by molar-refractivity contribution is -0.0512. The summed E-state index contributed by atoms with van der Waals surface area (Å²) in [5, 5.41) is 3.11. The van der Waals surface area contributed by atoms with Crippen LogP contribution in [0.25, 0.3) is 11.1 Å². The van der Waals surface area contributed by atoms with Gasteiger partial charge in [0.05, 0.1) is 13.7 Å². The number of anilines is 1. The van der Waals surface area contributed by atoms with Crippen molar-refractivity contribution in [1.29, 1.82) is 0 Å². The van der Waals surface area contributed by atoms with Gasteiger partial charge < -0.3 is 19.5 Å². The molecule has 1 heterocycles. The minimum atomic E-state index is -3.03. The van der Waals surface area contributed by atoms with Gasteiger partial charge in [0.1, 0.15) is 10.6 Å². The second kappa shape index (κ2) is 10.6. The van der Waals surface area contributed by atoms with Crippen molar-refractivity contribution in [2.24, 2.45) is 0 Å². The van der Waals surface area contributed by atoms with E-state index in [1.165, 1.54) is 36.6 Å². The first-order chi connectivity index (χ1) is 16.2. The molecular formula is C25H25F2NO5S. The summed E-state index contributed by atoms with van der Waals surface area (Å²) in [4.78, 5) is 26.8. The number of ether oxygens (including phenoxy) is 3. The maximum absolute atomic E-state index is 13.0. The molecular weight excluding hydrogens is 464 g/mol. The zero-order chi connectivity index (χ0) is 25.0. The van der Waals surface area contributed by atoms with Crippen molar-refractivity contribution in [1.82, 2.24) is 0 Å². The molecule has 2 aromatic carbocycles. The second-order valence-electron chi connectivity index (χ2n) is 7.47. The van der Waals surface area contributed by atoms with Crippen molar-refractivity contribution >= 4 is 28.2 Å². The van der Waals surface area contributed by atoms with Crippen LogP contribution >= 0.6 is 11.3 Å². The third-order valence-corrected chi connectivity index (χ3v) is 6.12. The Morgan fingerprint density at radius 3 is 2.44 bits per heavy atom. The summed E-state index contributed by atoms with van der Waals surface area (Å²) >= 11 is 1.26. The van der Waals surface area contributed by atoms with Gasteiger partial charge in [0.2, 0.25) is 0 Å². The average molecular weight is 490 g/mol. The molecule has 3 aromatic rings. The average Bonchev–Trinajstić information content (AvgIpc) is 3.10. The number of methoxy groups -OCH3 is 1. The number of hydrogen-bond donors (Lipinski definition) is 1. The van der Waals surface area contributed by atoms with Gasteiger partial charge in [0, 0.05) is 16.0 Å². The van der Waals surface area contributed by atoms with Crippen LogP contribution in [-0.2, 0) is 4.74 Å². The van der Waals surface area contributed by atoms with Crippen molar-refractivity contribution in [3.63, 3.8) is 0 Å². The normalized spacial score (nSPS) is 10.8. The topological polar surface area (TPSA) is 73.9 Å². The molecule has 0 aliphatic carbocycles. The van der Waals surface area contributed by atoms with Gasteiger partial charge in [0.15, 0.2) is 11.5 Å². The molecule has 0 spiro atoms.